The van der Waals surface area contributed by atoms with Gasteiger partial charge in [0.05, 0.1) is 12.7 Å². The lowest BCUT2D eigenvalue weighted by Gasteiger charge is -2.17. The molecule has 2 aromatic carbocycles. The molecule has 1 aliphatic rings. The molecule has 0 aromatic heterocycles. The first-order valence-electron chi connectivity index (χ1n) is 11.0. The molecule has 0 spiro atoms. The van der Waals surface area contributed by atoms with E-state index in [1.54, 1.807) is 36.4 Å². The van der Waals surface area contributed by atoms with Gasteiger partial charge in [0, 0.05) is 18.6 Å². The molecule has 33 heavy (non-hydrogen) atoms. The van der Waals surface area contributed by atoms with Crippen molar-refractivity contribution in [2.75, 3.05) is 26.4 Å². The van der Waals surface area contributed by atoms with E-state index in [-0.39, 0.29) is 25.7 Å². The van der Waals surface area contributed by atoms with E-state index in [1.807, 2.05) is 12.1 Å². The second-order valence-corrected chi connectivity index (χ2v) is 7.84. The molecule has 2 unspecified atom stereocenters. The summed E-state index contributed by atoms with van der Waals surface area (Å²) in [5, 5.41) is 20.5. The number of hydrogen-bond acceptors (Lipinski definition) is 7. The maximum Gasteiger partial charge on any atom is 0.252 e. The van der Waals surface area contributed by atoms with Gasteiger partial charge in [0.25, 0.3) is 5.91 Å². The average Bonchev–Trinajstić information content (AvgIpc) is 3.38. The maximum absolute atomic E-state index is 12.7. The van der Waals surface area contributed by atoms with Gasteiger partial charge < -0.3 is 25.0 Å². The normalized spacial score (nSPS) is 16.2. The van der Waals surface area contributed by atoms with Gasteiger partial charge in [-0.05, 0) is 54.7 Å². The minimum atomic E-state index is -1.38. The number of aliphatic hydroxyl groups excluding tert-OH is 2. The van der Waals surface area contributed by atoms with Crippen molar-refractivity contribution >= 4 is 17.5 Å². The monoisotopic (exact) mass is 455 g/mol. The van der Waals surface area contributed by atoms with Crippen LogP contribution in [-0.4, -0.2) is 66.3 Å². The number of ether oxygens (including phenoxy) is 2. The summed E-state index contributed by atoms with van der Waals surface area (Å²) in [6.07, 6.45) is 2.41. The highest BCUT2D eigenvalue weighted by molar-refractivity contribution is 6.10. The topological polar surface area (TPSA) is 122 Å². The van der Waals surface area contributed by atoms with Gasteiger partial charge in [-0.3, -0.25) is 14.4 Å². The minimum Gasteiger partial charge on any atom is -0.491 e. The summed E-state index contributed by atoms with van der Waals surface area (Å²) < 4.78 is 10.8. The molecule has 1 amide bonds. The number of nitrogens with one attached hydrogen (secondary N) is 1. The zero-order valence-electron chi connectivity index (χ0n) is 18.4. The summed E-state index contributed by atoms with van der Waals surface area (Å²) in [6.45, 7) is 0.0101. The van der Waals surface area contributed by atoms with Crippen molar-refractivity contribution in [3.8, 4) is 16.9 Å². The third-order valence-corrected chi connectivity index (χ3v) is 5.51. The standard InChI is InChI=1S/C25H29NO7/c27-13-15-33-21-9-7-18(8-10-21)17-3-5-19(6-4-17)25(31)26-24(23(30)16-28)22(29)12-11-20-2-1-14-32-20/h3-10,20,24,27-28H,1-2,11-16H2,(H,26,31). The molecule has 0 bridgehead atoms. The largest absolute Gasteiger partial charge is 0.491 e. The molecule has 176 valence electrons. The van der Waals surface area contributed by atoms with E-state index in [2.05, 4.69) is 5.32 Å². The Labute approximate surface area is 192 Å². The van der Waals surface area contributed by atoms with Gasteiger partial charge in [0.15, 0.2) is 11.6 Å². The van der Waals surface area contributed by atoms with Crippen molar-refractivity contribution in [1.82, 2.24) is 5.32 Å². The highest BCUT2D eigenvalue weighted by atomic mass is 16.5. The number of rotatable bonds is 12. The predicted octanol–water partition coefficient (Wildman–Crippen LogP) is 1.91. The Morgan fingerprint density at radius 2 is 1.67 bits per heavy atom. The van der Waals surface area contributed by atoms with Crippen LogP contribution in [0.25, 0.3) is 11.1 Å². The minimum absolute atomic E-state index is 0.00243. The van der Waals surface area contributed by atoms with Gasteiger partial charge in [-0.25, -0.2) is 0 Å². The fraction of sp³-hybridized carbons (Fsp3) is 0.400. The van der Waals surface area contributed by atoms with Crippen LogP contribution in [0.3, 0.4) is 0 Å². The zero-order valence-corrected chi connectivity index (χ0v) is 18.4. The fourth-order valence-corrected chi connectivity index (χ4v) is 3.69. The van der Waals surface area contributed by atoms with Crippen LogP contribution in [0.2, 0.25) is 0 Å². The molecule has 2 atom stereocenters. The lowest BCUT2D eigenvalue weighted by molar-refractivity contribution is -0.131. The number of hydrogen-bond donors (Lipinski definition) is 3. The zero-order chi connectivity index (χ0) is 23.6. The van der Waals surface area contributed by atoms with Crippen LogP contribution in [0.5, 0.6) is 5.75 Å². The van der Waals surface area contributed by atoms with Crippen LogP contribution in [0.15, 0.2) is 48.5 Å². The summed E-state index contributed by atoms with van der Waals surface area (Å²) in [5.74, 6) is -1.09. The second-order valence-electron chi connectivity index (χ2n) is 7.84. The van der Waals surface area contributed by atoms with E-state index >= 15 is 0 Å². The smallest absolute Gasteiger partial charge is 0.252 e. The van der Waals surface area contributed by atoms with E-state index in [9.17, 15) is 19.5 Å². The first-order chi connectivity index (χ1) is 16.0. The number of Topliss-reactive ketones (excluding diaryl/α,β-unsaturated/α-hetero) is 2. The average molecular weight is 456 g/mol. The van der Waals surface area contributed by atoms with Crippen molar-refractivity contribution in [2.24, 2.45) is 0 Å². The number of benzene rings is 2. The highest BCUT2D eigenvalue weighted by Gasteiger charge is 2.29. The molecule has 3 N–H and O–H groups in total. The molecule has 8 heteroatoms. The van der Waals surface area contributed by atoms with Gasteiger partial charge in [0.2, 0.25) is 0 Å². The Kier molecular flexibility index (Phi) is 9.12. The Balaban J connectivity index is 1.62. The summed E-state index contributed by atoms with van der Waals surface area (Å²) in [4.78, 5) is 37.4. The number of ketones is 2. The first kappa shape index (κ1) is 24.6. The third-order valence-electron chi connectivity index (χ3n) is 5.51. The Bertz CT molecular complexity index is 934. The SMILES string of the molecule is O=C(NC(C(=O)CO)C(=O)CCC1CCCO1)c1ccc(-c2ccc(OCCO)cc2)cc1. The van der Waals surface area contributed by atoms with Crippen LogP contribution in [0, 0.1) is 0 Å². The Hall–Kier alpha value is -3.07. The van der Waals surface area contributed by atoms with Crippen molar-refractivity contribution in [2.45, 2.75) is 37.8 Å². The Morgan fingerprint density at radius 3 is 2.24 bits per heavy atom. The van der Waals surface area contributed by atoms with Crippen molar-refractivity contribution in [3.63, 3.8) is 0 Å². The van der Waals surface area contributed by atoms with Crippen molar-refractivity contribution < 1.29 is 34.1 Å². The van der Waals surface area contributed by atoms with E-state index in [0.29, 0.717) is 24.3 Å². The molecule has 1 saturated heterocycles. The quantitative estimate of drug-likeness (QED) is 0.418. The fourth-order valence-electron chi connectivity index (χ4n) is 3.69. The van der Waals surface area contributed by atoms with Crippen molar-refractivity contribution in [1.29, 1.82) is 0 Å². The molecule has 3 rings (SSSR count). The van der Waals surface area contributed by atoms with Crippen LogP contribution >= 0.6 is 0 Å². The van der Waals surface area contributed by atoms with Crippen LogP contribution in [0.1, 0.15) is 36.0 Å². The van der Waals surface area contributed by atoms with Gasteiger partial charge in [-0.2, -0.15) is 0 Å². The molecule has 8 nitrogen and oxygen atoms in total. The van der Waals surface area contributed by atoms with Crippen LogP contribution in [-0.2, 0) is 14.3 Å². The molecule has 0 saturated carbocycles. The molecule has 1 aliphatic heterocycles. The summed E-state index contributed by atoms with van der Waals surface area (Å²) in [6, 6.07) is 12.7. The van der Waals surface area contributed by atoms with Crippen LogP contribution < -0.4 is 10.1 Å². The summed E-state index contributed by atoms with van der Waals surface area (Å²) >= 11 is 0. The summed E-state index contributed by atoms with van der Waals surface area (Å²) in [5.41, 5.74) is 2.08. The molecule has 0 aliphatic carbocycles. The Morgan fingerprint density at radius 1 is 1.00 bits per heavy atom. The lowest BCUT2D eigenvalue weighted by Crippen LogP contribution is -2.47. The molecular weight excluding hydrogens is 426 g/mol. The molecule has 1 heterocycles. The van der Waals surface area contributed by atoms with E-state index in [0.717, 1.165) is 24.0 Å². The molecule has 1 fully saturated rings. The second kappa shape index (κ2) is 12.2. The van der Waals surface area contributed by atoms with Gasteiger partial charge >= 0.3 is 0 Å². The molecule has 0 radical (unpaired) electrons. The van der Waals surface area contributed by atoms with E-state index in [1.165, 1.54) is 0 Å². The number of amides is 1. The van der Waals surface area contributed by atoms with Crippen molar-refractivity contribution in [3.05, 3.63) is 54.1 Å². The first-order valence-corrected chi connectivity index (χ1v) is 11.0. The van der Waals surface area contributed by atoms with E-state index in [4.69, 9.17) is 14.6 Å². The van der Waals surface area contributed by atoms with Crippen LogP contribution in [0.4, 0.5) is 0 Å². The molecular formula is C25H29NO7. The number of carbonyl (C=O) groups is 3. The number of carbonyl (C=O) groups excluding carboxylic acids is 3. The van der Waals surface area contributed by atoms with Gasteiger partial charge in [0.1, 0.15) is 25.0 Å². The number of aliphatic hydroxyl groups is 2. The summed E-state index contributed by atoms with van der Waals surface area (Å²) in [7, 11) is 0. The van der Waals surface area contributed by atoms with Gasteiger partial charge in [-0.1, -0.05) is 24.3 Å². The molecule has 2 aromatic rings. The maximum atomic E-state index is 12.7. The predicted molar refractivity (Wildman–Crippen MR) is 121 cm³/mol. The lowest BCUT2D eigenvalue weighted by atomic mass is 10.00. The highest BCUT2D eigenvalue weighted by Crippen LogP contribution is 2.23. The van der Waals surface area contributed by atoms with E-state index < -0.39 is 30.1 Å². The van der Waals surface area contributed by atoms with Gasteiger partial charge in [-0.15, -0.1) is 0 Å². The third kappa shape index (κ3) is 6.95.